The van der Waals surface area contributed by atoms with Crippen LogP contribution in [0, 0.1) is 0 Å². The topological polar surface area (TPSA) is 71.0 Å². The molecule has 0 bridgehead atoms. The fourth-order valence-electron chi connectivity index (χ4n) is 2.44. The molecule has 20 heavy (non-hydrogen) atoms. The number of carbonyl (C=O) groups excluding carboxylic acids is 1. The zero-order valence-corrected chi connectivity index (χ0v) is 11.9. The van der Waals surface area contributed by atoms with Crippen molar-refractivity contribution in [3.63, 3.8) is 0 Å². The van der Waals surface area contributed by atoms with Crippen LogP contribution in [0.2, 0.25) is 0 Å². The molecule has 1 fully saturated rings. The van der Waals surface area contributed by atoms with Gasteiger partial charge in [-0.1, -0.05) is 0 Å². The van der Waals surface area contributed by atoms with Crippen LogP contribution in [0.5, 0.6) is 0 Å². The van der Waals surface area contributed by atoms with E-state index in [9.17, 15) is 4.79 Å². The molecule has 3 heterocycles. The lowest BCUT2D eigenvalue weighted by atomic mass is 10.1. The number of amides is 1. The Morgan fingerprint density at radius 2 is 2.30 bits per heavy atom. The molecule has 1 aliphatic heterocycles. The minimum absolute atomic E-state index is 0.00500. The molecule has 7 heteroatoms. The summed E-state index contributed by atoms with van der Waals surface area (Å²) in [7, 11) is 1.81. The maximum absolute atomic E-state index is 12.5. The van der Waals surface area contributed by atoms with E-state index in [-0.39, 0.29) is 11.9 Å². The number of likely N-dealkylation sites (tertiary alicyclic amines) is 1. The van der Waals surface area contributed by atoms with Crippen molar-refractivity contribution >= 4 is 23.1 Å². The van der Waals surface area contributed by atoms with Gasteiger partial charge in [0.1, 0.15) is 10.7 Å². The quantitative estimate of drug-likeness (QED) is 0.935. The largest absolute Gasteiger partial charge is 0.372 e. The van der Waals surface area contributed by atoms with E-state index < -0.39 is 0 Å². The Bertz CT molecular complexity index is 601. The van der Waals surface area contributed by atoms with Crippen LogP contribution < -0.4 is 5.32 Å². The molecule has 0 radical (unpaired) electrons. The molecule has 2 aromatic heterocycles. The second kappa shape index (κ2) is 5.54. The van der Waals surface area contributed by atoms with Gasteiger partial charge in [-0.3, -0.25) is 14.8 Å². The third-order valence-corrected chi connectivity index (χ3v) is 4.17. The summed E-state index contributed by atoms with van der Waals surface area (Å²) < 4.78 is 0. The normalized spacial score (nSPS) is 18.2. The van der Waals surface area contributed by atoms with Crippen molar-refractivity contribution in [2.75, 3.05) is 18.9 Å². The van der Waals surface area contributed by atoms with Crippen LogP contribution in [0.25, 0.3) is 0 Å². The molecule has 1 unspecified atom stereocenters. The number of nitrogens with one attached hydrogen (secondary N) is 1. The van der Waals surface area contributed by atoms with E-state index in [1.54, 1.807) is 24.1 Å². The molecule has 0 aliphatic carbocycles. The number of aromatic nitrogens is 3. The number of hydrogen-bond acceptors (Lipinski definition) is 6. The third kappa shape index (κ3) is 2.36. The van der Waals surface area contributed by atoms with E-state index >= 15 is 0 Å². The fourth-order valence-corrected chi connectivity index (χ4v) is 3.02. The van der Waals surface area contributed by atoms with Gasteiger partial charge in [0, 0.05) is 13.6 Å². The summed E-state index contributed by atoms with van der Waals surface area (Å²) in [5, 5.41) is 2.98. The number of rotatable bonds is 3. The van der Waals surface area contributed by atoms with Crippen molar-refractivity contribution in [2.24, 2.45) is 0 Å². The highest BCUT2D eigenvalue weighted by molar-refractivity contribution is 7.11. The Morgan fingerprint density at radius 1 is 1.40 bits per heavy atom. The predicted molar refractivity (Wildman–Crippen MR) is 76.7 cm³/mol. The van der Waals surface area contributed by atoms with Gasteiger partial charge in [-0.2, -0.15) is 0 Å². The summed E-state index contributed by atoms with van der Waals surface area (Å²) in [6, 6.07) is 0.00500. The third-order valence-electron chi connectivity index (χ3n) is 3.41. The average molecular weight is 289 g/mol. The van der Waals surface area contributed by atoms with Gasteiger partial charge in [-0.05, 0) is 12.8 Å². The lowest BCUT2D eigenvalue weighted by molar-refractivity contribution is 0.0737. The first-order valence-electron chi connectivity index (χ1n) is 6.48. The van der Waals surface area contributed by atoms with Crippen molar-refractivity contribution in [2.45, 2.75) is 18.9 Å². The summed E-state index contributed by atoms with van der Waals surface area (Å²) >= 11 is 1.37. The van der Waals surface area contributed by atoms with E-state index in [0.29, 0.717) is 4.88 Å². The van der Waals surface area contributed by atoms with Gasteiger partial charge < -0.3 is 10.2 Å². The number of thiazole rings is 1. The summed E-state index contributed by atoms with van der Waals surface area (Å²) in [4.78, 5) is 27.7. The van der Waals surface area contributed by atoms with Crippen molar-refractivity contribution < 1.29 is 4.79 Å². The Kier molecular flexibility index (Phi) is 3.60. The Labute approximate surface area is 120 Å². The molecule has 1 saturated heterocycles. The van der Waals surface area contributed by atoms with E-state index in [2.05, 4.69) is 20.3 Å². The first kappa shape index (κ1) is 13.0. The van der Waals surface area contributed by atoms with Gasteiger partial charge in [0.05, 0.1) is 35.8 Å². The van der Waals surface area contributed by atoms with Crippen LogP contribution in [0.1, 0.15) is 34.2 Å². The lowest BCUT2D eigenvalue weighted by Gasteiger charge is -2.23. The van der Waals surface area contributed by atoms with Crippen LogP contribution in [-0.2, 0) is 0 Å². The first-order chi connectivity index (χ1) is 9.79. The van der Waals surface area contributed by atoms with Crippen molar-refractivity contribution in [1.82, 2.24) is 19.9 Å². The van der Waals surface area contributed by atoms with E-state index in [1.807, 2.05) is 11.9 Å². The molecule has 0 spiro atoms. The second-order valence-electron chi connectivity index (χ2n) is 4.60. The fraction of sp³-hybridized carbons (Fsp3) is 0.385. The van der Waals surface area contributed by atoms with Gasteiger partial charge >= 0.3 is 0 Å². The zero-order chi connectivity index (χ0) is 13.9. The van der Waals surface area contributed by atoms with Gasteiger partial charge in [-0.25, -0.2) is 4.98 Å². The standard InChI is InChI=1S/C13H15N5OS/c1-14-12-7-15-5-9(17-12)10-3-2-4-18(10)13(19)11-6-16-8-20-11/h5-8,10H,2-4H2,1H3,(H,14,17). The molecule has 0 aromatic carbocycles. The number of nitrogens with zero attached hydrogens (tertiary/aromatic N) is 4. The molecule has 1 amide bonds. The first-order valence-corrected chi connectivity index (χ1v) is 7.36. The van der Waals surface area contributed by atoms with Crippen LogP contribution in [0.3, 0.4) is 0 Å². The number of hydrogen-bond donors (Lipinski definition) is 1. The highest BCUT2D eigenvalue weighted by Gasteiger charge is 2.32. The van der Waals surface area contributed by atoms with Crippen LogP contribution in [0.15, 0.2) is 24.1 Å². The molecule has 104 valence electrons. The molecular formula is C13H15N5OS. The predicted octanol–water partition coefficient (Wildman–Crippen LogP) is 1.95. The number of anilines is 1. The smallest absolute Gasteiger partial charge is 0.266 e. The minimum Gasteiger partial charge on any atom is -0.372 e. The van der Waals surface area contributed by atoms with E-state index in [0.717, 1.165) is 30.9 Å². The Morgan fingerprint density at radius 3 is 3.05 bits per heavy atom. The SMILES string of the molecule is CNc1cncc(C2CCCN2C(=O)c2cncs2)n1. The van der Waals surface area contributed by atoms with Crippen molar-refractivity contribution in [1.29, 1.82) is 0 Å². The summed E-state index contributed by atoms with van der Waals surface area (Å²) in [5.74, 6) is 0.756. The molecule has 1 N–H and O–H groups in total. The summed E-state index contributed by atoms with van der Waals surface area (Å²) in [5.41, 5.74) is 2.52. The Hall–Kier alpha value is -2.02. The highest BCUT2D eigenvalue weighted by Crippen LogP contribution is 2.32. The van der Waals surface area contributed by atoms with Crippen LogP contribution in [0.4, 0.5) is 5.82 Å². The number of carbonyl (C=O) groups is 1. The van der Waals surface area contributed by atoms with E-state index in [1.165, 1.54) is 11.3 Å². The molecular weight excluding hydrogens is 274 g/mol. The van der Waals surface area contributed by atoms with Gasteiger partial charge in [-0.15, -0.1) is 11.3 Å². The monoisotopic (exact) mass is 289 g/mol. The van der Waals surface area contributed by atoms with Crippen LogP contribution >= 0.6 is 11.3 Å². The minimum atomic E-state index is 0.00500. The van der Waals surface area contributed by atoms with Crippen LogP contribution in [-0.4, -0.2) is 39.4 Å². The lowest BCUT2D eigenvalue weighted by Crippen LogP contribution is -2.30. The zero-order valence-electron chi connectivity index (χ0n) is 11.1. The van der Waals surface area contributed by atoms with Crippen molar-refractivity contribution in [3.05, 3.63) is 34.7 Å². The molecule has 6 nitrogen and oxygen atoms in total. The molecule has 0 saturated carbocycles. The molecule has 2 aromatic rings. The summed E-state index contributed by atoms with van der Waals surface area (Å²) in [6.07, 6.45) is 6.95. The second-order valence-corrected chi connectivity index (χ2v) is 5.49. The van der Waals surface area contributed by atoms with Gasteiger partial charge in [0.25, 0.3) is 5.91 Å². The molecule has 1 atom stereocenters. The van der Waals surface area contributed by atoms with Gasteiger partial charge in [0.2, 0.25) is 0 Å². The Balaban J connectivity index is 1.86. The van der Waals surface area contributed by atoms with E-state index in [4.69, 9.17) is 0 Å². The maximum atomic E-state index is 12.5. The average Bonchev–Trinajstić information content (AvgIpc) is 3.17. The summed E-state index contributed by atoms with van der Waals surface area (Å²) in [6.45, 7) is 0.757. The molecule has 1 aliphatic rings. The van der Waals surface area contributed by atoms with Crippen molar-refractivity contribution in [3.8, 4) is 0 Å². The maximum Gasteiger partial charge on any atom is 0.266 e. The van der Waals surface area contributed by atoms with Gasteiger partial charge in [0.15, 0.2) is 0 Å². The molecule has 3 rings (SSSR count). The highest BCUT2D eigenvalue weighted by atomic mass is 32.1.